The van der Waals surface area contributed by atoms with Crippen molar-refractivity contribution in [2.45, 2.75) is 31.7 Å². The van der Waals surface area contributed by atoms with E-state index in [0.717, 1.165) is 38.8 Å². The van der Waals surface area contributed by atoms with Crippen LogP contribution in [0.25, 0.3) is 0 Å². The molecule has 2 aliphatic rings. The summed E-state index contributed by atoms with van der Waals surface area (Å²) in [7, 11) is 0. The van der Waals surface area contributed by atoms with Crippen LogP contribution in [0.5, 0.6) is 0 Å². The molecule has 1 unspecified atom stereocenters. The number of piperidine rings is 1. The van der Waals surface area contributed by atoms with Gasteiger partial charge in [-0.05, 0) is 32.2 Å². The van der Waals surface area contributed by atoms with Crippen LogP contribution in [0.2, 0.25) is 0 Å². The molecule has 0 aromatic heterocycles. The molecule has 3 N–H and O–H groups in total. The number of nitrogens with zero attached hydrogens (tertiary/aromatic N) is 1. The predicted octanol–water partition coefficient (Wildman–Crippen LogP) is -0.521. The maximum absolute atomic E-state index is 12.6. The average Bonchev–Trinajstić information content (AvgIpc) is 2.46. The van der Waals surface area contributed by atoms with Crippen molar-refractivity contribution in [1.29, 1.82) is 0 Å². The number of hydrogen-bond acceptors (Lipinski definition) is 4. The fourth-order valence-corrected chi connectivity index (χ4v) is 2.83. The Kier molecular flexibility index (Phi) is 5.15. The van der Waals surface area contributed by atoms with E-state index in [1.807, 2.05) is 0 Å². The normalized spacial score (nSPS) is 24.9. The zero-order valence-electron chi connectivity index (χ0n) is 11.3. The van der Waals surface area contributed by atoms with Gasteiger partial charge in [-0.2, -0.15) is 0 Å². The second-order valence-corrected chi connectivity index (χ2v) is 5.32. The molecule has 19 heavy (non-hydrogen) atoms. The van der Waals surface area contributed by atoms with Crippen molar-refractivity contribution in [3.05, 3.63) is 0 Å². The lowest BCUT2D eigenvalue weighted by Gasteiger charge is -2.36. The van der Waals surface area contributed by atoms with Crippen LogP contribution in [-0.4, -0.2) is 55.6 Å². The first-order valence-corrected chi connectivity index (χ1v) is 7.05. The van der Waals surface area contributed by atoms with E-state index in [1.54, 1.807) is 4.90 Å². The molecule has 6 nitrogen and oxygen atoms in total. The Labute approximate surface area is 113 Å². The zero-order chi connectivity index (χ0) is 13.7. The summed E-state index contributed by atoms with van der Waals surface area (Å²) in [6.45, 7) is 3.02. The summed E-state index contributed by atoms with van der Waals surface area (Å²) in [5.41, 5.74) is 5.29. The molecule has 6 heteroatoms. The summed E-state index contributed by atoms with van der Waals surface area (Å²) in [4.78, 5) is 25.5. The molecular weight excluding hydrogens is 246 g/mol. The lowest BCUT2D eigenvalue weighted by Crippen LogP contribution is -2.53. The largest absolute Gasteiger partial charge is 0.381 e. The summed E-state index contributed by atoms with van der Waals surface area (Å²) < 4.78 is 5.28. The van der Waals surface area contributed by atoms with Gasteiger partial charge in [-0.25, -0.2) is 0 Å². The maximum atomic E-state index is 12.6. The molecule has 0 radical (unpaired) electrons. The molecule has 0 aliphatic carbocycles. The van der Waals surface area contributed by atoms with Gasteiger partial charge < -0.3 is 20.7 Å². The third-order valence-corrected chi connectivity index (χ3v) is 3.89. The number of ether oxygens (including phenoxy) is 1. The monoisotopic (exact) mass is 269 g/mol. The Bertz CT molecular complexity index is 323. The number of nitrogens with one attached hydrogen (secondary N) is 1. The Morgan fingerprint density at radius 1 is 1.26 bits per heavy atom. The van der Waals surface area contributed by atoms with Gasteiger partial charge in [-0.3, -0.25) is 9.59 Å². The van der Waals surface area contributed by atoms with Crippen molar-refractivity contribution in [3.63, 3.8) is 0 Å². The minimum Gasteiger partial charge on any atom is -0.381 e. The lowest BCUT2D eigenvalue weighted by atomic mass is 9.96. The summed E-state index contributed by atoms with van der Waals surface area (Å²) in [5.74, 6) is -0.392. The van der Waals surface area contributed by atoms with Crippen LogP contribution in [0, 0.1) is 5.92 Å². The van der Waals surface area contributed by atoms with Crippen molar-refractivity contribution in [3.8, 4) is 0 Å². The van der Waals surface area contributed by atoms with E-state index in [4.69, 9.17) is 10.5 Å². The molecule has 2 aliphatic heterocycles. The minimum atomic E-state index is -0.439. The van der Waals surface area contributed by atoms with E-state index >= 15 is 0 Å². The van der Waals surface area contributed by atoms with Gasteiger partial charge in [0.1, 0.15) is 0 Å². The first-order valence-electron chi connectivity index (χ1n) is 7.05. The van der Waals surface area contributed by atoms with Gasteiger partial charge in [-0.15, -0.1) is 0 Å². The zero-order valence-corrected chi connectivity index (χ0v) is 11.3. The number of nitrogens with two attached hydrogens (primary N) is 1. The van der Waals surface area contributed by atoms with Gasteiger partial charge in [0.05, 0.1) is 6.54 Å². The molecule has 2 fully saturated rings. The molecular formula is C13H23N3O3. The van der Waals surface area contributed by atoms with Gasteiger partial charge in [0.2, 0.25) is 11.8 Å². The first kappa shape index (κ1) is 14.3. The Balaban J connectivity index is 2.02. The van der Waals surface area contributed by atoms with Gasteiger partial charge in [-0.1, -0.05) is 0 Å². The highest BCUT2D eigenvalue weighted by molar-refractivity contribution is 5.85. The van der Waals surface area contributed by atoms with Crippen LogP contribution in [0.1, 0.15) is 25.7 Å². The fraction of sp³-hybridized carbons (Fsp3) is 0.846. The third kappa shape index (κ3) is 3.91. The van der Waals surface area contributed by atoms with Crippen molar-refractivity contribution in [1.82, 2.24) is 10.2 Å². The van der Waals surface area contributed by atoms with Crippen LogP contribution in [-0.2, 0) is 14.3 Å². The number of amides is 2. The molecule has 2 saturated heterocycles. The van der Waals surface area contributed by atoms with Crippen LogP contribution in [0.4, 0.5) is 0 Å². The fourth-order valence-electron chi connectivity index (χ4n) is 2.83. The molecule has 0 aromatic rings. The first-order chi connectivity index (χ1) is 9.18. The number of hydrogen-bond donors (Lipinski definition) is 2. The van der Waals surface area contributed by atoms with Crippen molar-refractivity contribution in [2.24, 2.45) is 11.7 Å². The molecule has 0 saturated carbocycles. The highest BCUT2D eigenvalue weighted by Crippen LogP contribution is 2.20. The molecule has 1 atom stereocenters. The van der Waals surface area contributed by atoms with E-state index in [2.05, 4.69) is 5.32 Å². The Hall–Kier alpha value is -1.14. The van der Waals surface area contributed by atoms with Gasteiger partial charge >= 0.3 is 0 Å². The lowest BCUT2D eigenvalue weighted by molar-refractivity contribution is -0.144. The van der Waals surface area contributed by atoms with E-state index in [9.17, 15) is 9.59 Å². The smallest absolute Gasteiger partial charge is 0.237 e. The SMILES string of the molecule is NC(=O)CN(C(=O)C1CCOCC1)C1CCCNC1. The third-order valence-electron chi connectivity index (χ3n) is 3.89. The summed E-state index contributed by atoms with van der Waals surface area (Å²) in [5, 5.41) is 3.28. The summed E-state index contributed by atoms with van der Waals surface area (Å²) in [6, 6.07) is 0.0941. The summed E-state index contributed by atoms with van der Waals surface area (Å²) >= 11 is 0. The summed E-state index contributed by atoms with van der Waals surface area (Å²) in [6.07, 6.45) is 3.46. The molecule has 108 valence electrons. The van der Waals surface area contributed by atoms with Crippen molar-refractivity contribution >= 4 is 11.8 Å². The molecule has 2 rings (SSSR count). The number of primary amides is 1. The highest BCUT2D eigenvalue weighted by atomic mass is 16.5. The molecule has 0 bridgehead atoms. The number of carbonyl (C=O) groups excluding carboxylic acids is 2. The van der Waals surface area contributed by atoms with Crippen molar-refractivity contribution in [2.75, 3.05) is 32.8 Å². The maximum Gasteiger partial charge on any atom is 0.237 e. The van der Waals surface area contributed by atoms with E-state index < -0.39 is 5.91 Å². The second kappa shape index (κ2) is 6.86. The Morgan fingerprint density at radius 3 is 2.58 bits per heavy atom. The van der Waals surface area contributed by atoms with E-state index in [0.29, 0.717) is 13.2 Å². The quantitative estimate of drug-likeness (QED) is 0.719. The van der Waals surface area contributed by atoms with Crippen LogP contribution < -0.4 is 11.1 Å². The standard InChI is InChI=1S/C13H23N3O3/c14-12(17)9-16(11-2-1-5-15-8-11)13(18)10-3-6-19-7-4-10/h10-11,15H,1-9H2,(H2,14,17). The van der Waals surface area contributed by atoms with Crippen molar-refractivity contribution < 1.29 is 14.3 Å². The Morgan fingerprint density at radius 2 is 2.00 bits per heavy atom. The predicted molar refractivity (Wildman–Crippen MR) is 70.3 cm³/mol. The van der Waals surface area contributed by atoms with Gasteiger partial charge in [0.25, 0.3) is 0 Å². The minimum absolute atomic E-state index is 0.0185. The molecule has 2 amide bonds. The van der Waals surface area contributed by atoms with Gasteiger partial charge in [0, 0.05) is 31.7 Å². The van der Waals surface area contributed by atoms with E-state index in [1.165, 1.54) is 0 Å². The topological polar surface area (TPSA) is 84.7 Å². The van der Waals surface area contributed by atoms with Crippen LogP contribution in [0.3, 0.4) is 0 Å². The second-order valence-electron chi connectivity index (χ2n) is 5.32. The van der Waals surface area contributed by atoms with Crippen LogP contribution >= 0.6 is 0 Å². The van der Waals surface area contributed by atoms with Gasteiger partial charge in [0.15, 0.2) is 0 Å². The number of rotatable bonds is 4. The highest BCUT2D eigenvalue weighted by Gasteiger charge is 2.32. The van der Waals surface area contributed by atoms with Crippen LogP contribution in [0.15, 0.2) is 0 Å². The molecule has 0 spiro atoms. The number of carbonyl (C=O) groups is 2. The average molecular weight is 269 g/mol. The molecule has 2 heterocycles. The van der Waals surface area contributed by atoms with E-state index in [-0.39, 0.29) is 24.4 Å². The molecule has 0 aromatic carbocycles.